The second-order valence-corrected chi connectivity index (χ2v) is 7.41. The van der Waals surface area contributed by atoms with Gasteiger partial charge < -0.3 is 14.6 Å². The molecule has 0 unspecified atom stereocenters. The van der Waals surface area contributed by atoms with E-state index in [4.69, 9.17) is 9.47 Å². The average molecular weight is 349 g/mol. The molecule has 3 aromatic carbocycles. The van der Waals surface area contributed by atoms with Crippen molar-refractivity contribution in [3.05, 3.63) is 41.5 Å². The summed E-state index contributed by atoms with van der Waals surface area (Å²) in [5, 5.41) is 14.8. The Hall–Kier alpha value is -2.46. The molecule has 0 aliphatic carbocycles. The number of phenolic OH excluding ortho intramolecular Hbond substituents is 1. The summed E-state index contributed by atoms with van der Waals surface area (Å²) >= 11 is 0. The normalized spacial score (nSPS) is 19.5. The monoisotopic (exact) mass is 349 g/mol. The Labute approximate surface area is 152 Å². The van der Waals surface area contributed by atoms with Crippen molar-refractivity contribution in [1.82, 2.24) is 4.90 Å². The number of rotatable bonds is 2. The molecule has 26 heavy (non-hydrogen) atoms. The van der Waals surface area contributed by atoms with Crippen LogP contribution < -0.4 is 9.47 Å². The first-order valence-electron chi connectivity index (χ1n) is 9.26. The summed E-state index contributed by atoms with van der Waals surface area (Å²) in [4.78, 5) is 2.61. The molecular formula is C22H23NO3. The zero-order chi connectivity index (χ0) is 17.8. The minimum atomic E-state index is 0.295. The van der Waals surface area contributed by atoms with Crippen LogP contribution in [-0.2, 0) is 13.0 Å². The number of phenols is 1. The van der Waals surface area contributed by atoms with Crippen LogP contribution in [0.3, 0.4) is 0 Å². The lowest BCUT2D eigenvalue weighted by atomic mass is 9.85. The summed E-state index contributed by atoms with van der Waals surface area (Å²) < 4.78 is 11.1. The van der Waals surface area contributed by atoms with Crippen LogP contribution in [0.2, 0.25) is 0 Å². The maximum Gasteiger partial charge on any atom is 0.161 e. The molecule has 0 radical (unpaired) electrons. The third kappa shape index (κ3) is 2.18. The second kappa shape index (κ2) is 5.78. The van der Waals surface area contributed by atoms with Gasteiger partial charge in [0, 0.05) is 12.6 Å². The molecule has 3 aromatic rings. The van der Waals surface area contributed by atoms with Crippen molar-refractivity contribution in [2.24, 2.45) is 0 Å². The van der Waals surface area contributed by atoms with Crippen molar-refractivity contribution in [2.75, 3.05) is 20.8 Å². The Morgan fingerprint density at radius 3 is 2.42 bits per heavy atom. The van der Waals surface area contributed by atoms with Gasteiger partial charge in [-0.25, -0.2) is 0 Å². The maximum atomic E-state index is 10.1. The van der Waals surface area contributed by atoms with Crippen LogP contribution in [0, 0.1) is 0 Å². The van der Waals surface area contributed by atoms with Crippen LogP contribution in [0.4, 0.5) is 0 Å². The molecule has 134 valence electrons. The van der Waals surface area contributed by atoms with Gasteiger partial charge in [0.1, 0.15) is 5.75 Å². The first-order chi connectivity index (χ1) is 12.7. The molecule has 0 saturated carbocycles. The maximum absolute atomic E-state index is 10.1. The zero-order valence-corrected chi connectivity index (χ0v) is 15.2. The molecule has 0 aromatic heterocycles. The van der Waals surface area contributed by atoms with E-state index in [0.29, 0.717) is 11.8 Å². The number of benzene rings is 3. The molecule has 0 spiro atoms. The highest BCUT2D eigenvalue weighted by molar-refractivity contribution is 6.12. The standard InChI is InChI=1S/C22H23NO3/c1-25-21-10-18-16-8-13-4-3-7-23(13)12-20(16)15-6-5-14(24)9-17(15)19(18)11-22(21)26-2/h5-6,9-11,13,24H,3-4,7-8,12H2,1-2H3/t13-/m1/s1. The molecular weight excluding hydrogens is 326 g/mol. The van der Waals surface area contributed by atoms with E-state index < -0.39 is 0 Å². The average Bonchev–Trinajstić information content (AvgIpc) is 3.13. The van der Waals surface area contributed by atoms with Crippen LogP contribution in [0.5, 0.6) is 17.2 Å². The fourth-order valence-corrected chi connectivity index (χ4v) is 4.88. The van der Waals surface area contributed by atoms with Gasteiger partial charge in [0.05, 0.1) is 14.2 Å². The minimum Gasteiger partial charge on any atom is -0.508 e. The zero-order valence-electron chi connectivity index (χ0n) is 15.2. The highest BCUT2D eigenvalue weighted by Gasteiger charge is 2.32. The molecule has 2 aliphatic heterocycles. The third-order valence-electron chi connectivity index (χ3n) is 6.13. The topological polar surface area (TPSA) is 41.9 Å². The van der Waals surface area contributed by atoms with E-state index >= 15 is 0 Å². The van der Waals surface area contributed by atoms with E-state index in [1.165, 1.54) is 41.3 Å². The van der Waals surface area contributed by atoms with E-state index in [0.717, 1.165) is 35.2 Å². The van der Waals surface area contributed by atoms with Crippen molar-refractivity contribution in [3.8, 4) is 17.2 Å². The number of fused-ring (bicyclic) bond motifs is 7. The lowest BCUT2D eigenvalue weighted by Gasteiger charge is -2.33. The molecule has 2 aliphatic rings. The Morgan fingerprint density at radius 1 is 0.923 bits per heavy atom. The van der Waals surface area contributed by atoms with Crippen molar-refractivity contribution < 1.29 is 14.6 Å². The van der Waals surface area contributed by atoms with Gasteiger partial charge in [0.2, 0.25) is 0 Å². The predicted octanol–water partition coefficient (Wildman–Crippen LogP) is 4.24. The number of nitrogens with zero attached hydrogens (tertiary/aromatic N) is 1. The Bertz CT molecular complexity index is 1030. The molecule has 0 amide bonds. The number of hydrogen-bond donors (Lipinski definition) is 1. The van der Waals surface area contributed by atoms with Crippen molar-refractivity contribution in [2.45, 2.75) is 31.8 Å². The van der Waals surface area contributed by atoms with E-state index in [1.807, 2.05) is 6.07 Å². The molecule has 0 bridgehead atoms. The highest BCUT2D eigenvalue weighted by Crippen LogP contribution is 2.44. The largest absolute Gasteiger partial charge is 0.508 e. The highest BCUT2D eigenvalue weighted by atomic mass is 16.5. The van der Waals surface area contributed by atoms with Gasteiger partial charge in [-0.1, -0.05) is 6.07 Å². The number of hydrogen-bond acceptors (Lipinski definition) is 4. The number of ether oxygens (including phenoxy) is 2. The van der Waals surface area contributed by atoms with E-state index in [-0.39, 0.29) is 0 Å². The minimum absolute atomic E-state index is 0.295. The Kier molecular flexibility index (Phi) is 3.50. The van der Waals surface area contributed by atoms with Crippen LogP contribution in [0.15, 0.2) is 30.3 Å². The van der Waals surface area contributed by atoms with E-state index in [2.05, 4.69) is 23.1 Å². The van der Waals surface area contributed by atoms with Gasteiger partial charge >= 0.3 is 0 Å². The fraction of sp³-hybridized carbons (Fsp3) is 0.364. The van der Waals surface area contributed by atoms with Gasteiger partial charge in [-0.15, -0.1) is 0 Å². The summed E-state index contributed by atoms with van der Waals surface area (Å²) in [7, 11) is 3.35. The summed E-state index contributed by atoms with van der Waals surface area (Å²) in [6.07, 6.45) is 3.65. The SMILES string of the molecule is COc1cc2c3c(c4ccc(O)cc4c2cc1OC)CN1CCC[C@@H]1C3. The summed E-state index contributed by atoms with van der Waals surface area (Å²) in [6.45, 7) is 2.18. The van der Waals surface area contributed by atoms with Crippen LogP contribution >= 0.6 is 0 Å². The second-order valence-electron chi connectivity index (χ2n) is 7.41. The molecule has 1 atom stereocenters. The summed E-state index contributed by atoms with van der Waals surface area (Å²) in [5.74, 6) is 1.78. The Balaban J connectivity index is 1.89. The van der Waals surface area contributed by atoms with E-state index in [9.17, 15) is 5.11 Å². The molecule has 2 heterocycles. The summed E-state index contributed by atoms with van der Waals surface area (Å²) in [6, 6.07) is 10.5. The lowest BCUT2D eigenvalue weighted by Crippen LogP contribution is -2.35. The number of aromatic hydroxyl groups is 1. The quantitative estimate of drug-likeness (QED) is 0.703. The Morgan fingerprint density at radius 2 is 1.65 bits per heavy atom. The van der Waals surface area contributed by atoms with Gasteiger partial charge in [-0.3, -0.25) is 4.90 Å². The van der Waals surface area contributed by atoms with Crippen LogP contribution in [0.1, 0.15) is 24.0 Å². The van der Waals surface area contributed by atoms with Crippen molar-refractivity contribution >= 4 is 21.5 Å². The van der Waals surface area contributed by atoms with Gasteiger partial charge in [-0.2, -0.15) is 0 Å². The van der Waals surface area contributed by atoms with Gasteiger partial charge in [0.25, 0.3) is 0 Å². The molecule has 4 nitrogen and oxygen atoms in total. The van der Waals surface area contributed by atoms with Crippen molar-refractivity contribution in [3.63, 3.8) is 0 Å². The molecule has 4 heteroatoms. The lowest BCUT2D eigenvalue weighted by molar-refractivity contribution is 0.229. The predicted molar refractivity (Wildman–Crippen MR) is 103 cm³/mol. The number of methoxy groups -OCH3 is 2. The first kappa shape index (κ1) is 15.8. The molecule has 1 N–H and O–H groups in total. The van der Waals surface area contributed by atoms with Crippen LogP contribution in [-0.4, -0.2) is 36.8 Å². The van der Waals surface area contributed by atoms with Gasteiger partial charge in [-0.05, 0) is 82.7 Å². The molecule has 1 fully saturated rings. The molecule has 5 rings (SSSR count). The first-order valence-corrected chi connectivity index (χ1v) is 9.26. The third-order valence-corrected chi connectivity index (χ3v) is 6.13. The summed E-state index contributed by atoms with van der Waals surface area (Å²) in [5.41, 5.74) is 2.83. The van der Waals surface area contributed by atoms with Crippen molar-refractivity contribution in [1.29, 1.82) is 0 Å². The van der Waals surface area contributed by atoms with Gasteiger partial charge in [0.15, 0.2) is 11.5 Å². The van der Waals surface area contributed by atoms with Crippen LogP contribution in [0.25, 0.3) is 21.5 Å². The smallest absolute Gasteiger partial charge is 0.161 e. The molecule has 1 saturated heterocycles. The van der Waals surface area contributed by atoms with E-state index in [1.54, 1.807) is 20.3 Å². The fourth-order valence-electron chi connectivity index (χ4n) is 4.88.